The quantitative estimate of drug-likeness (QED) is 0.616. The number of ketones is 1. The van der Waals surface area contributed by atoms with Gasteiger partial charge in [0.25, 0.3) is 0 Å². The molecule has 3 heteroatoms. The Bertz CT molecular complexity index is 539. The van der Waals surface area contributed by atoms with E-state index >= 15 is 0 Å². The predicted octanol–water partition coefficient (Wildman–Crippen LogP) is 5.38. The monoisotopic (exact) mass is 402 g/mol. The summed E-state index contributed by atoms with van der Waals surface area (Å²) in [7, 11) is 0. The zero-order valence-corrected chi connectivity index (χ0v) is 19.7. The van der Waals surface area contributed by atoms with E-state index in [1.807, 2.05) is 0 Å². The third kappa shape index (κ3) is 4.76. The number of Topliss-reactive ketones (excluding diaryl/α,β-unsaturated/α-hetero) is 1. The Hall–Kier alpha value is -0.410. The molecular weight excluding hydrogens is 356 g/mol. The Balaban J connectivity index is 1.17. The molecule has 2 aliphatic heterocycles. The Morgan fingerprint density at radius 3 is 1.79 bits per heavy atom. The fourth-order valence-corrected chi connectivity index (χ4v) is 7.16. The third-order valence-corrected chi connectivity index (χ3v) is 9.40. The molecule has 2 saturated carbocycles. The van der Waals surface area contributed by atoms with Crippen molar-refractivity contribution in [3.8, 4) is 0 Å². The number of carbonyl (C=O) groups excluding carboxylic acids is 1. The molecule has 2 saturated heterocycles. The van der Waals surface area contributed by atoms with Crippen LogP contribution in [0.15, 0.2) is 0 Å². The highest BCUT2D eigenvalue weighted by Gasteiger charge is 2.49. The van der Waals surface area contributed by atoms with Crippen molar-refractivity contribution in [3.63, 3.8) is 0 Å². The van der Waals surface area contributed by atoms with Crippen LogP contribution >= 0.6 is 0 Å². The number of likely N-dealkylation sites (tertiary alicyclic amines) is 2. The lowest BCUT2D eigenvalue weighted by atomic mass is 9.56. The molecule has 0 radical (unpaired) electrons. The number of hydrogen-bond acceptors (Lipinski definition) is 3. The van der Waals surface area contributed by atoms with Gasteiger partial charge in [0.05, 0.1) is 0 Å². The number of hydrogen-bond donors (Lipinski definition) is 0. The van der Waals surface area contributed by atoms with Gasteiger partial charge in [-0.1, -0.05) is 27.7 Å². The molecular formula is C26H46N2O. The number of nitrogens with zero attached hydrogens (tertiary/aromatic N) is 2. The molecule has 29 heavy (non-hydrogen) atoms. The van der Waals surface area contributed by atoms with E-state index in [1.54, 1.807) is 0 Å². The topological polar surface area (TPSA) is 23.6 Å². The van der Waals surface area contributed by atoms with Crippen LogP contribution in [0.2, 0.25) is 0 Å². The highest BCUT2D eigenvalue weighted by molar-refractivity contribution is 5.82. The van der Waals surface area contributed by atoms with E-state index in [0.29, 0.717) is 17.1 Å². The number of rotatable bonds is 5. The molecule has 4 rings (SSSR count). The maximum absolute atomic E-state index is 12.3. The summed E-state index contributed by atoms with van der Waals surface area (Å²) in [5.74, 6) is 2.94. The van der Waals surface area contributed by atoms with Crippen molar-refractivity contribution in [1.82, 2.24) is 9.80 Å². The second kappa shape index (κ2) is 8.99. The first-order chi connectivity index (χ1) is 13.9. The molecule has 166 valence electrons. The van der Waals surface area contributed by atoms with Crippen molar-refractivity contribution >= 4 is 5.78 Å². The van der Waals surface area contributed by atoms with E-state index in [0.717, 1.165) is 36.8 Å². The van der Waals surface area contributed by atoms with Crippen molar-refractivity contribution in [1.29, 1.82) is 0 Å². The first-order valence-corrected chi connectivity index (χ1v) is 12.9. The number of piperidine rings is 2. The van der Waals surface area contributed by atoms with Crippen molar-refractivity contribution in [2.45, 2.75) is 104 Å². The first-order valence-electron chi connectivity index (χ1n) is 12.9. The Kier molecular flexibility index (Phi) is 6.76. The van der Waals surface area contributed by atoms with Gasteiger partial charge < -0.3 is 9.80 Å². The number of carbonyl (C=O) groups is 1. The molecule has 4 fully saturated rings. The molecule has 0 atom stereocenters. The normalized spacial score (nSPS) is 36.1. The summed E-state index contributed by atoms with van der Waals surface area (Å²) in [6.45, 7) is 14.3. The lowest BCUT2D eigenvalue weighted by Crippen LogP contribution is -2.56. The summed E-state index contributed by atoms with van der Waals surface area (Å²) in [6.07, 6.45) is 13.4. The minimum atomic E-state index is 0.223. The maximum Gasteiger partial charge on any atom is 0.138 e. The van der Waals surface area contributed by atoms with Crippen molar-refractivity contribution in [2.24, 2.45) is 29.1 Å². The predicted molar refractivity (Wildman–Crippen MR) is 121 cm³/mol. The van der Waals surface area contributed by atoms with Crippen molar-refractivity contribution < 1.29 is 4.79 Å². The smallest absolute Gasteiger partial charge is 0.138 e. The van der Waals surface area contributed by atoms with Gasteiger partial charge in [-0.15, -0.1) is 0 Å². The highest BCUT2D eigenvalue weighted by atomic mass is 16.1. The van der Waals surface area contributed by atoms with Crippen molar-refractivity contribution in [2.75, 3.05) is 26.2 Å². The molecule has 0 bridgehead atoms. The molecule has 0 N–H and O–H groups in total. The van der Waals surface area contributed by atoms with E-state index in [2.05, 4.69) is 37.5 Å². The van der Waals surface area contributed by atoms with E-state index in [1.165, 1.54) is 77.5 Å². The van der Waals surface area contributed by atoms with Crippen LogP contribution in [0.25, 0.3) is 0 Å². The van der Waals surface area contributed by atoms with Gasteiger partial charge >= 0.3 is 0 Å². The largest absolute Gasteiger partial charge is 0.300 e. The van der Waals surface area contributed by atoms with Crippen LogP contribution in [-0.2, 0) is 4.79 Å². The van der Waals surface area contributed by atoms with Crippen LogP contribution in [0.5, 0.6) is 0 Å². The third-order valence-electron chi connectivity index (χ3n) is 9.40. The van der Waals surface area contributed by atoms with E-state index in [9.17, 15) is 4.79 Å². The maximum atomic E-state index is 12.3. The molecule has 0 aromatic rings. The standard InChI is InChI=1S/C26H46N2O/c1-19(2)21-7-13-27(14-8-21)23-9-15-28(16-10-23)24-17-26(18-24)11-5-22(6-12-26)25(29)20(3)4/h19-24H,5-18H2,1-4H3. The van der Waals surface area contributed by atoms with Crippen LogP contribution in [0.3, 0.4) is 0 Å². The summed E-state index contributed by atoms with van der Waals surface area (Å²) in [4.78, 5) is 18.0. The molecule has 0 unspecified atom stereocenters. The Morgan fingerprint density at radius 1 is 0.759 bits per heavy atom. The molecule has 2 heterocycles. The van der Waals surface area contributed by atoms with Crippen LogP contribution in [-0.4, -0.2) is 53.8 Å². The van der Waals surface area contributed by atoms with Crippen molar-refractivity contribution in [3.05, 3.63) is 0 Å². The zero-order chi connectivity index (χ0) is 20.6. The Morgan fingerprint density at radius 2 is 1.28 bits per heavy atom. The van der Waals surface area contributed by atoms with Gasteiger partial charge in [0, 0.05) is 23.9 Å². The summed E-state index contributed by atoms with van der Waals surface area (Å²) in [6, 6.07) is 1.70. The van der Waals surface area contributed by atoms with E-state index < -0.39 is 0 Å². The van der Waals surface area contributed by atoms with E-state index in [4.69, 9.17) is 0 Å². The van der Waals surface area contributed by atoms with Crippen LogP contribution in [0.1, 0.15) is 91.9 Å². The fraction of sp³-hybridized carbons (Fsp3) is 0.962. The fourth-order valence-electron chi connectivity index (χ4n) is 7.16. The van der Waals surface area contributed by atoms with Gasteiger partial charge in [0.2, 0.25) is 0 Å². The van der Waals surface area contributed by atoms with Crippen LogP contribution in [0.4, 0.5) is 0 Å². The van der Waals surface area contributed by atoms with Gasteiger partial charge in [0.1, 0.15) is 5.78 Å². The average molecular weight is 403 g/mol. The van der Waals surface area contributed by atoms with Gasteiger partial charge in [0.15, 0.2) is 0 Å². The molecule has 0 aromatic heterocycles. The minimum absolute atomic E-state index is 0.223. The van der Waals surface area contributed by atoms with Crippen LogP contribution in [0, 0.1) is 29.1 Å². The first kappa shape index (κ1) is 21.8. The highest BCUT2D eigenvalue weighted by Crippen LogP contribution is 2.54. The molecule has 0 aromatic carbocycles. The second-order valence-electron chi connectivity index (χ2n) is 11.8. The van der Waals surface area contributed by atoms with Gasteiger partial charge in [-0.3, -0.25) is 4.79 Å². The molecule has 3 nitrogen and oxygen atoms in total. The average Bonchev–Trinajstić information content (AvgIpc) is 2.72. The van der Waals surface area contributed by atoms with Gasteiger partial charge in [-0.25, -0.2) is 0 Å². The molecule has 2 aliphatic carbocycles. The van der Waals surface area contributed by atoms with E-state index in [-0.39, 0.29) is 5.92 Å². The molecule has 0 amide bonds. The molecule has 1 spiro atoms. The van der Waals surface area contributed by atoms with Crippen LogP contribution < -0.4 is 0 Å². The summed E-state index contributed by atoms with van der Waals surface area (Å²) >= 11 is 0. The molecule has 4 aliphatic rings. The lowest BCUT2D eigenvalue weighted by molar-refractivity contribution is -0.129. The summed E-state index contributed by atoms with van der Waals surface area (Å²) < 4.78 is 0. The van der Waals surface area contributed by atoms with Gasteiger partial charge in [-0.05, 0) is 108 Å². The second-order valence-corrected chi connectivity index (χ2v) is 11.8. The summed E-state index contributed by atoms with van der Waals surface area (Å²) in [5, 5.41) is 0. The lowest BCUT2D eigenvalue weighted by Gasteiger charge is -2.56. The Labute approximate surface area is 180 Å². The SMILES string of the molecule is CC(C)C(=O)C1CCC2(CC1)CC(N1CCC(N3CCC(C(C)C)CC3)CC1)C2. The zero-order valence-electron chi connectivity index (χ0n) is 19.7. The van der Waals surface area contributed by atoms with Gasteiger partial charge in [-0.2, -0.15) is 0 Å². The minimum Gasteiger partial charge on any atom is -0.300 e. The summed E-state index contributed by atoms with van der Waals surface area (Å²) in [5.41, 5.74) is 0.605.